The van der Waals surface area contributed by atoms with Crippen molar-refractivity contribution in [1.82, 2.24) is 9.36 Å². The van der Waals surface area contributed by atoms with Gasteiger partial charge in [0.25, 0.3) is 0 Å². The molecule has 0 amide bonds. The van der Waals surface area contributed by atoms with Gasteiger partial charge in [-0.2, -0.15) is 4.37 Å². The van der Waals surface area contributed by atoms with E-state index in [0.29, 0.717) is 18.1 Å². The third-order valence-corrected chi connectivity index (χ3v) is 4.40. The lowest BCUT2D eigenvalue weighted by molar-refractivity contribution is 0.0941. The Morgan fingerprint density at radius 1 is 1.47 bits per heavy atom. The van der Waals surface area contributed by atoms with E-state index in [2.05, 4.69) is 21.6 Å². The quantitative estimate of drug-likeness (QED) is 0.875. The molecule has 4 nitrogen and oxygen atoms in total. The summed E-state index contributed by atoms with van der Waals surface area (Å²) in [5.74, 6) is 1.65. The Balaban J connectivity index is 1.50. The van der Waals surface area contributed by atoms with Crippen molar-refractivity contribution in [2.45, 2.75) is 51.2 Å². The zero-order chi connectivity index (χ0) is 11.7. The molecular formula is C12H19N3OS. The molecule has 1 N–H and O–H groups in total. The summed E-state index contributed by atoms with van der Waals surface area (Å²) in [6.07, 6.45) is 6.85. The van der Waals surface area contributed by atoms with E-state index in [0.717, 1.165) is 30.3 Å². The second kappa shape index (κ2) is 4.90. The van der Waals surface area contributed by atoms with Crippen molar-refractivity contribution in [3.63, 3.8) is 0 Å². The molecule has 3 unspecified atom stereocenters. The standard InChI is InChI=1S/C12H19N3OS/c1-2-3-11-14-12(17-15-11)13-7-8-6-9-4-5-10(8)16-9/h8-10H,2-7H2,1H3,(H,13,14,15). The van der Waals surface area contributed by atoms with Crippen LogP contribution in [-0.4, -0.2) is 28.1 Å². The highest BCUT2D eigenvalue weighted by Gasteiger charge is 2.40. The number of nitrogens with zero attached hydrogens (tertiary/aromatic N) is 2. The zero-order valence-electron chi connectivity index (χ0n) is 10.2. The first-order valence-corrected chi connectivity index (χ1v) is 7.34. The van der Waals surface area contributed by atoms with E-state index in [9.17, 15) is 0 Å². The fraction of sp³-hybridized carbons (Fsp3) is 0.833. The average molecular weight is 253 g/mol. The lowest BCUT2D eigenvalue weighted by atomic mass is 9.89. The maximum absolute atomic E-state index is 5.84. The van der Waals surface area contributed by atoms with Gasteiger partial charge in [0, 0.05) is 30.4 Å². The minimum absolute atomic E-state index is 0.496. The molecule has 1 aromatic rings. The monoisotopic (exact) mass is 253 g/mol. The van der Waals surface area contributed by atoms with Crippen molar-refractivity contribution in [3.8, 4) is 0 Å². The summed E-state index contributed by atoms with van der Waals surface area (Å²) in [5.41, 5.74) is 0. The van der Waals surface area contributed by atoms with E-state index in [4.69, 9.17) is 4.74 Å². The van der Waals surface area contributed by atoms with Gasteiger partial charge in [0.05, 0.1) is 12.2 Å². The molecule has 2 bridgehead atoms. The number of fused-ring (bicyclic) bond motifs is 2. The molecule has 0 aliphatic carbocycles. The van der Waals surface area contributed by atoms with Crippen LogP contribution in [0.5, 0.6) is 0 Å². The number of rotatable bonds is 5. The van der Waals surface area contributed by atoms with E-state index in [1.54, 1.807) is 0 Å². The number of hydrogen-bond donors (Lipinski definition) is 1. The first kappa shape index (κ1) is 11.4. The fourth-order valence-corrected chi connectivity index (χ4v) is 3.45. The van der Waals surface area contributed by atoms with E-state index < -0.39 is 0 Å². The van der Waals surface area contributed by atoms with Gasteiger partial charge in [0.15, 0.2) is 0 Å². The van der Waals surface area contributed by atoms with Gasteiger partial charge in [0.1, 0.15) is 5.82 Å². The van der Waals surface area contributed by atoms with Crippen LogP contribution in [0, 0.1) is 5.92 Å². The summed E-state index contributed by atoms with van der Waals surface area (Å²) < 4.78 is 10.2. The highest BCUT2D eigenvalue weighted by Crippen LogP contribution is 2.38. The molecule has 0 saturated carbocycles. The SMILES string of the molecule is CCCc1nsc(NCC2CC3CCC2O3)n1. The maximum atomic E-state index is 5.84. The van der Waals surface area contributed by atoms with Crippen molar-refractivity contribution >= 4 is 16.7 Å². The molecule has 2 saturated heterocycles. The molecule has 94 valence electrons. The normalized spacial score (nSPS) is 31.0. The Hall–Kier alpha value is -0.680. The predicted octanol–water partition coefficient (Wildman–Crippen LogP) is 2.47. The number of ether oxygens (including phenoxy) is 1. The maximum Gasteiger partial charge on any atom is 0.202 e. The smallest absolute Gasteiger partial charge is 0.202 e. The van der Waals surface area contributed by atoms with Crippen LogP contribution in [-0.2, 0) is 11.2 Å². The summed E-state index contributed by atoms with van der Waals surface area (Å²) >= 11 is 1.48. The van der Waals surface area contributed by atoms with Gasteiger partial charge in [-0.15, -0.1) is 0 Å². The Morgan fingerprint density at radius 2 is 2.41 bits per heavy atom. The molecule has 3 heterocycles. The van der Waals surface area contributed by atoms with Crippen molar-refractivity contribution < 1.29 is 4.74 Å². The van der Waals surface area contributed by atoms with Crippen LogP contribution in [0.2, 0.25) is 0 Å². The third kappa shape index (κ3) is 2.45. The average Bonchev–Trinajstić information content (AvgIpc) is 3.02. The Bertz CT molecular complexity index is 382. The molecule has 0 spiro atoms. The molecule has 2 fully saturated rings. The zero-order valence-corrected chi connectivity index (χ0v) is 11.0. The summed E-state index contributed by atoms with van der Waals surface area (Å²) in [6, 6.07) is 0. The van der Waals surface area contributed by atoms with Crippen molar-refractivity contribution in [2.24, 2.45) is 5.92 Å². The molecule has 0 aromatic carbocycles. The van der Waals surface area contributed by atoms with Crippen LogP contribution in [0.25, 0.3) is 0 Å². The molecule has 1 aromatic heterocycles. The number of aryl methyl sites for hydroxylation is 1. The van der Waals surface area contributed by atoms with Crippen LogP contribution >= 0.6 is 11.5 Å². The first-order chi connectivity index (χ1) is 8.35. The molecular weight excluding hydrogens is 234 g/mol. The number of anilines is 1. The van der Waals surface area contributed by atoms with Gasteiger partial charge in [-0.3, -0.25) is 0 Å². The van der Waals surface area contributed by atoms with Crippen LogP contribution in [0.1, 0.15) is 38.4 Å². The third-order valence-electron chi connectivity index (χ3n) is 3.69. The molecule has 3 rings (SSSR count). The molecule has 2 aliphatic heterocycles. The Labute approximate surface area is 106 Å². The van der Waals surface area contributed by atoms with E-state index in [1.165, 1.54) is 30.8 Å². The van der Waals surface area contributed by atoms with Gasteiger partial charge in [-0.05, 0) is 25.7 Å². The lowest BCUT2D eigenvalue weighted by Gasteiger charge is -2.18. The summed E-state index contributed by atoms with van der Waals surface area (Å²) in [4.78, 5) is 4.48. The summed E-state index contributed by atoms with van der Waals surface area (Å²) in [5, 5.41) is 4.38. The largest absolute Gasteiger partial charge is 0.375 e. The second-order valence-electron chi connectivity index (χ2n) is 5.02. The van der Waals surface area contributed by atoms with E-state index >= 15 is 0 Å². The van der Waals surface area contributed by atoms with Crippen LogP contribution < -0.4 is 5.32 Å². The highest BCUT2D eigenvalue weighted by atomic mass is 32.1. The van der Waals surface area contributed by atoms with Gasteiger partial charge in [0.2, 0.25) is 5.13 Å². The molecule has 0 radical (unpaired) electrons. The Kier molecular flexibility index (Phi) is 3.29. The van der Waals surface area contributed by atoms with Gasteiger partial charge in [-0.25, -0.2) is 4.98 Å². The van der Waals surface area contributed by atoms with Crippen LogP contribution in [0.3, 0.4) is 0 Å². The fourth-order valence-electron chi connectivity index (χ4n) is 2.83. The molecule has 2 aliphatic rings. The van der Waals surface area contributed by atoms with E-state index in [-0.39, 0.29) is 0 Å². The van der Waals surface area contributed by atoms with E-state index in [1.807, 2.05) is 0 Å². The lowest BCUT2D eigenvalue weighted by Crippen LogP contribution is -2.24. The topological polar surface area (TPSA) is 47.0 Å². The second-order valence-corrected chi connectivity index (χ2v) is 5.77. The highest BCUT2D eigenvalue weighted by molar-refractivity contribution is 7.09. The van der Waals surface area contributed by atoms with Gasteiger partial charge >= 0.3 is 0 Å². The van der Waals surface area contributed by atoms with Crippen LogP contribution in [0.4, 0.5) is 5.13 Å². The van der Waals surface area contributed by atoms with Gasteiger partial charge < -0.3 is 10.1 Å². The Morgan fingerprint density at radius 3 is 3.12 bits per heavy atom. The van der Waals surface area contributed by atoms with Crippen LogP contribution in [0.15, 0.2) is 0 Å². The number of aromatic nitrogens is 2. The molecule has 3 atom stereocenters. The summed E-state index contributed by atoms with van der Waals surface area (Å²) in [7, 11) is 0. The molecule has 17 heavy (non-hydrogen) atoms. The first-order valence-electron chi connectivity index (χ1n) is 6.57. The minimum atomic E-state index is 0.496. The number of nitrogens with one attached hydrogen (secondary N) is 1. The van der Waals surface area contributed by atoms with Gasteiger partial charge in [-0.1, -0.05) is 6.92 Å². The summed E-state index contributed by atoms with van der Waals surface area (Å²) in [6.45, 7) is 3.14. The van der Waals surface area contributed by atoms with Crippen molar-refractivity contribution in [1.29, 1.82) is 0 Å². The van der Waals surface area contributed by atoms with Crippen molar-refractivity contribution in [2.75, 3.05) is 11.9 Å². The predicted molar refractivity (Wildman–Crippen MR) is 68.4 cm³/mol. The minimum Gasteiger partial charge on any atom is -0.375 e. The number of hydrogen-bond acceptors (Lipinski definition) is 5. The van der Waals surface area contributed by atoms with Crippen molar-refractivity contribution in [3.05, 3.63) is 5.82 Å². The molecule has 5 heteroatoms.